The van der Waals surface area contributed by atoms with Gasteiger partial charge in [0.15, 0.2) is 11.5 Å². The summed E-state index contributed by atoms with van der Waals surface area (Å²) < 4.78 is 2.58. The number of H-pyrrole nitrogens is 1. The van der Waals surface area contributed by atoms with E-state index >= 15 is 0 Å². The second-order valence-electron chi connectivity index (χ2n) is 7.50. The number of nitrogens with one attached hydrogen (secondary N) is 2. The van der Waals surface area contributed by atoms with E-state index in [-0.39, 0.29) is 13.2 Å². The lowest BCUT2D eigenvalue weighted by Gasteiger charge is -2.11. The van der Waals surface area contributed by atoms with Gasteiger partial charge in [-0.25, -0.2) is 15.0 Å². The fraction of sp³-hybridized carbons (Fsp3) is 0.286. The lowest BCUT2D eigenvalue weighted by Crippen LogP contribution is -2.23. The third-order valence-corrected chi connectivity index (χ3v) is 5.61. The summed E-state index contributed by atoms with van der Waals surface area (Å²) >= 11 is 3.44. The largest absolute Gasteiger partial charge is 0.394 e. The Morgan fingerprint density at radius 1 is 1.17 bits per heavy atom. The third kappa shape index (κ3) is 3.71. The Bertz CT molecular complexity index is 1180. The molecular weight excluding hydrogens is 448 g/mol. The summed E-state index contributed by atoms with van der Waals surface area (Å²) in [6.45, 7) is -0.138. The Morgan fingerprint density at radius 3 is 2.67 bits per heavy atom. The molecule has 1 atom stereocenters. The number of imidazole rings is 2. The lowest BCUT2D eigenvalue weighted by molar-refractivity contribution is 0.105. The maximum atomic E-state index is 9.61. The van der Waals surface area contributed by atoms with Crippen LogP contribution in [0.15, 0.2) is 47.5 Å². The van der Waals surface area contributed by atoms with E-state index < -0.39 is 6.10 Å². The average Bonchev–Trinajstić information content (AvgIpc) is 3.34. The smallest absolute Gasteiger partial charge is 0.180 e. The molecule has 4 N–H and O–H groups in total. The SMILES string of the molecule is OC[C@@H](O)CNc1nc(Br)cn2c(-c3ccc(-c4cnc(C5CC5)[nH]4)cc3)cnc12. The minimum Gasteiger partial charge on any atom is -0.394 e. The molecule has 4 aromatic rings. The predicted molar refractivity (Wildman–Crippen MR) is 117 cm³/mol. The second kappa shape index (κ2) is 7.82. The van der Waals surface area contributed by atoms with Gasteiger partial charge in [0.2, 0.25) is 0 Å². The monoisotopic (exact) mass is 468 g/mol. The molecule has 0 amide bonds. The van der Waals surface area contributed by atoms with E-state index in [1.54, 1.807) is 6.20 Å². The van der Waals surface area contributed by atoms with Crippen molar-refractivity contribution in [2.24, 2.45) is 0 Å². The molecule has 0 bridgehead atoms. The van der Waals surface area contributed by atoms with E-state index in [2.05, 4.69) is 65.4 Å². The Balaban J connectivity index is 1.44. The highest BCUT2D eigenvalue weighted by Gasteiger charge is 2.26. The zero-order valence-corrected chi connectivity index (χ0v) is 17.7. The van der Waals surface area contributed by atoms with Crippen molar-refractivity contribution in [3.63, 3.8) is 0 Å². The number of anilines is 1. The van der Waals surface area contributed by atoms with Crippen LogP contribution in [0.4, 0.5) is 5.82 Å². The highest BCUT2D eigenvalue weighted by Crippen LogP contribution is 2.39. The predicted octanol–water partition coefficient (Wildman–Crippen LogP) is 3.19. The van der Waals surface area contributed by atoms with Gasteiger partial charge in [-0.05, 0) is 34.3 Å². The molecule has 0 saturated heterocycles. The zero-order valence-electron chi connectivity index (χ0n) is 16.1. The Kier molecular flexibility index (Phi) is 5.01. The van der Waals surface area contributed by atoms with Gasteiger partial charge < -0.3 is 20.5 Å². The number of aromatic amines is 1. The second-order valence-corrected chi connectivity index (χ2v) is 8.31. The first-order chi connectivity index (χ1) is 14.6. The van der Waals surface area contributed by atoms with Gasteiger partial charge in [0, 0.05) is 24.2 Å². The summed E-state index contributed by atoms with van der Waals surface area (Å²) in [7, 11) is 0. The minimum absolute atomic E-state index is 0.180. The molecule has 3 heterocycles. The van der Waals surface area contributed by atoms with Gasteiger partial charge in [0.1, 0.15) is 10.4 Å². The molecule has 0 spiro atoms. The van der Waals surface area contributed by atoms with Crippen molar-refractivity contribution in [3.05, 3.63) is 53.3 Å². The van der Waals surface area contributed by atoms with Crippen molar-refractivity contribution < 1.29 is 10.2 Å². The van der Waals surface area contributed by atoms with Gasteiger partial charge in [-0.2, -0.15) is 0 Å². The molecular formula is C21H21BrN6O2. The van der Waals surface area contributed by atoms with Crippen molar-refractivity contribution in [3.8, 4) is 22.5 Å². The van der Waals surface area contributed by atoms with Crippen molar-refractivity contribution in [1.29, 1.82) is 0 Å². The maximum Gasteiger partial charge on any atom is 0.180 e. The van der Waals surface area contributed by atoms with E-state index in [1.165, 1.54) is 12.8 Å². The maximum absolute atomic E-state index is 9.61. The summed E-state index contributed by atoms with van der Waals surface area (Å²) in [5.41, 5.74) is 4.71. The molecule has 1 aliphatic carbocycles. The molecule has 154 valence electrons. The fourth-order valence-corrected chi connectivity index (χ4v) is 3.82. The molecule has 1 fully saturated rings. The van der Waals surface area contributed by atoms with Crippen molar-refractivity contribution in [2.45, 2.75) is 24.9 Å². The van der Waals surface area contributed by atoms with Gasteiger partial charge in [-0.1, -0.05) is 24.3 Å². The van der Waals surface area contributed by atoms with Crippen LogP contribution in [0.25, 0.3) is 28.2 Å². The number of nitrogens with zero attached hydrogens (tertiary/aromatic N) is 4. The molecule has 1 saturated carbocycles. The molecule has 5 rings (SSSR count). The first-order valence-electron chi connectivity index (χ1n) is 9.84. The number of aromatic nitrogens is 5. The highest BCUT2D eigenvalue weighted by atomic mass is 79.9. The molecule has 1 aromatic carbocycles. The third-order valence-electron chi connectivity index (χ3n) is 5.23. The minimum atomic E-state index is -0.865. The van der Waals surface area contributed by atoms with E-state index in [1.807, 2.05) is 16.8 Å². The molecule has 0 aliphatic heterocycles. The number of fused-ring (bicyclic) bond motifs is 1. The Labute approximate surface area is 181 Å². The van der Waals surface area contributed by atoms with E-state index in [0.29, 0.717) is 22.0 Å². The number of rotatable bonds is 7. The summed E-state index contributed by atoms with van der Waals surface area (Å²) in [6.07, 6.45) is 7.14. The number of benzene rings is 1. The molecule has 1 aliphatic rings. The Morgan fingerprint density at radius 2 is 1.93 bits per heavy atom. The van der Waals surface area contributed by atoms with Crippen LogP contribution in [-0.4, -0.2) is 53.8 Å². The van der Waals surface area contributed by atoms with Crippen molar-refractivity contribution >= 4 is 27.4 Å². The number of hydrogen-bond acceptors (Lipinski definition) is 6. The topological polar surface area (TPSA) is 111 Å². The first kappa shape index (κ1) is 19.2. The summed E-state index contributed by atoms with van der Waals surface area (Å²) in [4.78, 5) is 16.8. The molecule has 3 aromatic heterocycles. The molecule has 0 unspecified atom stereocenters. The molecule has 9 heteroatoms. The first-order valence-corrected chi connectivity index (χ1v) is 10.6. The zero-order chi connectivity index (χ0) is 20.7. The average molecular weight is 469 g/mol. The van der Waals surface area contributed by atoms with Crippen molar-refractivity contribution in [2.75, 3.05) is 18.5 Å². The summed E-state index contributed by atoms with van der Waals surface area (Å²) in [5, 5.41) is 21.7. The standard InChI is InChI=1S/C21H21BrN6O2/c22-18-10-28-17(9-25-21(28)20(27-18)23-7-15(30)11-29)13-3-1-12(2-4-13)16-8-24-19(26-16)14-5-6-14/h1-4,8-10,14-15,29-30H,5-7,11H2,(H,23,27)(H,24,26)/t15-/m0/s1. The van der Waals surface area contributed by atoms with Crippen molar-refractivity contribution in [1.82, 2.24) is 24.3 Å². The van der Waals surface area contributed by atoms with Gasteiger partial charge >= 0.3 is 0 Å². The van der Waals surface area contributed by atoms with Crippen LogP contribution in [0, 0.1) is 0 Å². The van der Waals surface area contributed by atoms with Gasteiger partial charge in [-0.3, -0.25) is 4.40 Å². The van der Waals surface area contributed by atoms with Gasteiger partial charge in [0.25, 0.3) is 0 Å². The lowest BCUT2D eigenvalue weighted by atomic mass is 10.1. The van der Waals surface area contributed by atoms with Crippen LogP contribution in [0.3, 0.4) is 0 Å². The molecule has 30 heavy (non-hydrogen) atoms. The summed E-state index contributed by atoms with van der Waals surface area (Å²) in [6, 6.07) is 8.28. The van der Waals surface area contributed by atoms with Crippen LogP contribution < -0.4 is 5.32 Å². The number of aliphatic hydroxyl groups excluding tert-OH is 2. The summed E-state index contributed by atoms with van der Waals surface area (Å²) in [5.74, 6) is 2.22. The molecule has 0 radical (unpaired) electrons. The van der Waals surface area contributed by atoms with E-state index in [9.17, 15) is 5.11 Å². The molecule has 8 nitrogen and oxygen atoms in total. The normalized spacial score (nSPS) is 14.9. The van der Waals surface area contributed by atoms with Crippen LogP contribution >= 0.6 is 15.9 Å². The van der Waals surface area contributed by atoms with E-state index in [4.69, 9.17) is 5.11 Å². The van der Waals surface area contributed by atoms with Crippen LogP contribution in [0.1, 0.15) is 24.6 Å². The van der Waals surface area contributed by atoms with Crippen LogP contribution in [0.2, 0.25) is 0 Å². The number of halogens is 1. The number of hydrogen-bond donors (Lipinski definition) is 4. The number of aliphatic hydroxyl groups is 2. The Hall–Kier alpha value is -2.75. The van der Waals surface area contributed by atoms with E-state index in [0.717, 1.165) is 28.3 Å². The van der Waals surface area contributed by atoms with Gasteiger partial charge in [0.05, 0.1) is 36.5 Å². The fourth-order valence-electron chi connectivity index (χ4n) is 3.44. The van der Waals surface area contributed by atoms with Crippen LogP contribution in [-0.2, 0) is 0 Å². The van der Waals surface area contributed by atoms with Gasteiger partial charge in [-0.15, -0.1) is 0 Å². The highest BCUT2D eigenvalue weighted by molar-refractivity contribution is 9.10. The van der Waals surface area contributed by atoms with Crippen LogP contribution in [0.5, 0.6) is 0 Å². The quantitative estimate of drug-likeness (QED) is 0.331.